The zero-order valence-corrected chi connectivity index (χ0v) is 13.5. The minimum atomic E-state index is -0.137. The Labute approximate surface area is 139 Å². The molecule has 0 unspecified atom stereocenters. The first-order chi connectivity index (χ1) is 11.5. The Morgan fingerprint density at radius 1 is 1.08 bits per heavy atom. The molecule has 6 nitrogen and oxygen atoms in total. The highest BCUT2D eigenvalue weighted by molar-refractivity contribution is 5.93. The van der Waals surface area contributed by atoms with Gasteiger partial charge in [-0.2, -0.15) is 0 Å². The number of amides is 2. The number of rotatable bonds is 4. The summed E-state index contributed by atoms with van der Waals surface area (Å²) in [4.78, 5) is 27.6. The molecule has 0 fully saturated rings. The fourth-order valence-electron chi connectivity index (χ4n) is 2.43. The number of hydrogen-bond donors (Lipinski definition) is 2. The molecule has 0 saturated heterocycles. The standard InChI is InChI=1S/C18H18N4O2/c1-12-7-8-22-11-16(20-17(22)9-12)10-18(24)21-15-5-3-14(4-6-15)19-13(2)23/h3-9,11H,10H2,1-2H3,(H,19,23)(H,21,24). The molecule has 3 rings (SSSR count). The summed E-state index contributed by atoms with van der Waals surface area (Å²) in [6.07, 6.45) is 3.99. The summed E-state index contributed by atoms with van der Waals surface area (Å²) in [6, 6.07) is 10.9. The normalized spacial score (nSPS) is 10.6. The number of nitrogens with zero attached hydrogens (tertiary/aromatic N) is 2. The SMILES string of the molecule is CC(=O)Nc1ccc(NC(=O)Cc2cn3ccc(C)cc3n2)cc1. The van der Waals surface area contributed by atoms with Gasteiger partial charge in [-0.25, -0.2) is 4.98 Å². The number of aromatic nitrogens is 2. The van der Waals surface area contributed by atoms with Crippen LogP contribution in [0, 0.1) is 6.92 Å². The maximum absolute atomic E-state index is 12.2. The average Bonchev–Trinajstić information content (AvgIpc) is 2.89. The van der Waals surface area contributed by atoms with Gasteiger partial charge < -0.3 is 15.0 Å². The van der Waals surface area contributed by atoms with E-state index in [1.807, 2.05) is 35.9 Å². The first-order valence-electron chi connectivity index (χ1n) is 7.61. The summed E-state index contributed by atoms with van der Waals surface area (Å²) in [7, 11) is 0. The number of fused-ring (bicyclic) bond motifs is 1. The van der Waals surface area contributed by atoms with Crippen LogP contribution in [0.25, 0.3) is 5.65 Å². The van der Waals surface area contributed by atoms with Gasteiger partial charge >= 0.3 is 0 Å². The number of pyridine rings is 1. The minimum absolute atomic E-state index is 0.131. The molecule has 0 spiro atoms. The molecule has 0 aliphatic carbocycles. The zero-order chi connectivity index (χ0) is 17.1. The van der Waals surface area contributed by atoms with Crippen LogP contribution in [0.4, 0.5) is 11.4 Å². The van der Waals surface area contributed by atoms with Crippen molar-refractivity contribution in [1.82, 2.24) is 9.38 Å². The van der Waals surface area contributed by atoms with Gasteiger partial charge in [0.2, 0.25) is 11.8 Å². The second kappa shape index (κ2) is 6.54. The minimum Gasteiger partial charge on any atom is -0.326 e. The number of nitrogens with one attached hydrogen (secondary N) is 2. The van der Waals surface area contributed by atoms with Crippen LogP contribution in [0.3, 0.4) is 0 Å². The van der Waals surface area contributed by atoms with E-state index in [1.54, 1.807) is 24.3 Å². The highest BCUT2D eigenvalue weighted by Gasteiger charge is 2.08. The number of carbonyl (C=O) groups excluding carboxylic acids is 2. The van der Waals surface area contributed by atoms with E-state index >= 15 is 0 Å². The second-order valence-electron chi connectivity index (χ2n) is 5.69. The maximum Gasteiger partial charge on any atom is 0.230 e. The largest absolute Gasteiger partial charge is 0.326 e. The van der Waals surface area contributed by atoms with Crippen LogP contribution in [-0.2, 0) is 16.0 Å². The van der Waals surface area contributed by atoms with Gasteiger partial charge in [-0.15, -0.1) is 0 Å². The average molecular weight is 322 g/mol. The molecule has 0 saturated carbocycles. The van der Waals surface area contributed by atoms with Gasteiger partial charge in [0, 0.05) is 30.7 Å². The molecule has 24 heavy (non-hydrogen) atoms. The number of carbonyl (C=O) groups is 2. The van der Waals surface area contributed by atoms with Crippen LogP contribution in [0.5, 0.6) is 0 Å². The van der Waals surface area contributed by atoms with E-state index in [2.05, 4.69) is 15.6 Å². The summed E-state index contributed by atoms with van der Waals surface area (Å²) in [5, 5.41) is 5.51. The summed E-state index contributed by atoms with van der Waals surface area (Å²) >= 11 is 0. The van der Waals surface area contributed by atoms with Crippen molar-refractivity contribution in [2.75, 3.05) is 10.6 Å². The van der Waals surface area contributed by atoms with Gasteiger partial charge in [-0.3, -0.25) is 9.59 Å². The fourth-order valence-corrected chi connectivity index (χ4v) is 2.43. The number of benzene rings is 1. The van der Waals surface area contributed by atoms with E-state index < -0.39 is 0 Å². The number of aryl methyl sites for hydroxylation is 1. The van der Waals surface area contributed by atoms with Crippen molar-refractivity contribution in [3.8, 4) is 0 Å². The van der Waals surface area contributed by atoms with Crippen LogP contribution in [0.2, 0.25) is 0 Å². The monoisotopic (exact) mass is 322 g/mol. The van der Waals surface area contributed by atoms with Crippen LogP contribution in [-0.4, -0.2) is 21.2 Å². The Hall–Kier alpha value is -3.15. The number of imidazole rings is 1. The van der Waals surface area contributed by atoms with Crippen LogP contribution >= 0.6 is 0 Å². The van der Waals surface area contributed by atoms with E-state index in [1.165, 1.54) is 6.92 Å². The van der Waals surface area contributed by atoms with Gasteiger partial charge in [0.15, 0.2) is 0 Å². The highest BCUT2D eigenvalue weighted by atomic mass is 16.2. The Balaban J connectivity index is 1.64. The smallest absolute Gasteiger partial charge is 0.230 e. The lowest BCUT2D eigenvalue weighted by Gasteiger charge is -2.06. The lowest BCUT2D eigenvalue weighted by atomic mass is 10.2. The Kier molecular flexibility index (Phi) is 4.29. The summed E-state index contributed by atoms with van der Waals surface area (Å²) < 4.78 is 1.90. The molecule has 1 aromatic carbocycles. The lowest BCUT2D eigenvalue weighted by Crippen LogP contribution is -2.14. The number of hydrogen-bond acceptors (Lipinski definition) is 3. The highest BCUT2D eigenvalue weighted by Crippen LogP contribution is 2.14. The van der Waals surface area contributed by atoms with E-state index in [0.29, 0.717) is 17.1 Å². The molecule has 2 N–H and O–H groups in total. The van der Waals surface area contributed by atoms with Crippen LogP contribution < -0.4 is 10.6 Å². The van der Waals surface area contributed by atoms with E-state index in [4.69, 9.17) is 0 Å². The molecule has 2 heterocycles. The number of anilines is 2. The third-order valence-electron chi connectivity index (χ3n) is 3.50. The van der Waals surface area contributed by atoms with Crippen molar-refractivity contribution in [2.45, 2.75) is 20.3 Å². The third kappa shape index (κ3) is 3.78. The van der Waals surface area contributed by atoms with Crippen molar-refractivity contribution in [3.05, 3.63) is 60.0 Å². The molecule has 2 amide bonds. The molecule has 0 radical (unpaired) electrons. The van der Waals surface area contributed by atoms with Crippen molar-refractivity contribution < 1.29 is 9.59 Å². The molecule has 3 aromatic rings. The molecule has 6 heteroatoms. The first kappa shape index (κ1) is 15.7. The molecule has 0 atom stereocenters. The van der Waals surface area contributed by atoms with Gasteiger partial charge in [-0.05, 0) is 48.9 Å². The third-order valence-corrected chi connectivity index (χ3v) is 3.50. The zero-order valence-electron chi connectivity index (χ0n) is 13.5. The lowest BCUT2D eigenvalue weighted by molar-refractivity contribution is -0.116. The molecule has 0 aliphatic rings. The van der Waals surface area contributed by atoms with Crippen LogP contribution in [0.15, 0.2) is 48.8 Å². The van der Waals surface area contributed by atoms with E-state index in [0.717, 1.165) is 11.2 Å². The van der Waals surface area contributed by atoms with Gasteiger partial charge in [0.1, 0.15) is 5.65 Å². The van der Waals surface area contributed by atoms with E-state index in [9.17, 15) is 9.59 Å². The predicted molar refractivity (Wildman–Crippen MR) is 93.0 cm³/mol. The molecular weight excluding hydrogens is 304 g/mol. The maximum atomic E-state index is 12.2. The van der Waals surface area contributed by atoms with Crippen molar-refractivity contribution in [3.63, 3.8) is 0 Å². The molecule has 122 valence electrons. The van der Waals surface area contributed by atoms with Gasteiger partial charge in [-0.1, -0.05) is 0 Å². The second-order valence-corrected chi connectivity index (χ2v) is 5.69. The fraction of sp³-hybridized carbons (Fsp3) is 0.167. The molecular formula is C18H18N4O2. The topological polar surface area (TPSA) is 75.5 Å². The first-order valence-corrected chi connectivity index (χ1v) is 7.61. The van der Waals surface area contributed by atoms with Crippen molar-refractivity contribution in [1.29, 1.82) is 0 Å². The Morgan fingerprint density at radius 3 is 2.42 bits per heavy atom. The molecule has 0 bridgehead atoms. The van der Waals surface area contributed by atoms with Gasteiger partial charge in [0.05, 0.1) is 12.1 Å². The molecule has 0 aliphatic heterocycles. The predicted octanol–water partition coefficient (Wildman–Crippen LogP) is 2.78. The summed E-state index contributed by atoms with van der Waals surface area (Å²) in [5.41, 5.74) is 4.04. The quantitative estimate of drug-likeness (QED) is 0.775. The summed E-state index contributed by atoms with van der Waals surface area (Å²) in [5.74, 6) is -0.267. The van der Waals surface area contributed by atoms with Crippen molar-refractivity contribution in [2.24, 2.45) is 0 Å². The molecule has 2 aromatic heterocycles. The van der Waals surface area contributed by atoms with E-state index in [-0.39, 0.29) is 18.2 Å². The Bertz CT molecular complexity index is 897. The summed E-state index contributed by atoms with van der Waals surface area (Å²) in [6.45, 7) is 3.46. The van der Waals surface area contributed by atoms with Crippen molar-refractivity contribution >= 4 is 28.8 Å². The Morgan fingerprint density at radius 2 is 1.75 bits per heavy atom. The van der Waals surface area contributed by atoms with Gasteiger partial charge in [0.25, 0.3) is 0 Å². The van der Waals surface area contributed by atoms with Crippen LogP contribution in [0.1, 0.15) is 18.2 Å².